The first kappa shape index (κ1) is 33.1. The smallest absolute Gasteiger partial charge is 0.335 e. The molecule has 2 saturated carbocycles. The Balaban J connectivity index is 1.30. The standard InChI is InChI=1S/C33H44O14/c1-29(2)19-9-20(35)31(4)18(32(19)14-44-22(36)10-21(32)46-29)5-7-30(3,33(31)27(47-33)28(40)41)26(15-6-8-42-12-15)43-13-17-24(38)25(39)23(37)16(11-34)45-17/h6,8,12,16-19,21,23-27,34,37-39H,5,7,9-11,13-14H2,1-4H3,(H,40,41)/t16?,17-,18?,19?,21?,23+,24?,25?,26?,27?,30+,31?,32?,33?/m1/s1. The molecular weight excluding hydrogens is 620 g/mol. The third-order valence-electron chi connectivity index (χ3n) is 12.9. The normalized spacial score (nSPS) is 49.1. The third kappa shape index (κ3) is 4.22. The predicted molar refractivity (Wildman–Crippen MR) is 155 cm³/mol. The highest BCUT2D eigenvalue weighted by Crippen LogP contribution is 2.78. The van der Waals surface area contributed by atoms with Crippen LogP contribution in [0.5, 0.6) is 0 Å². The molecule has 1 aromatic rings. The minimum atomic E-state index is -1.61. The average molecular weight is 665 g/mol. The van der Waals surface area contributed by atoms with Crippen LogP contribution < -0.4 is 0 Å². The maximum absolute atomic E-state index is 14.7. The van der Waals surface area contributed by atoms with Gasteiger partial charge in [-0.15, -0.1) is 0 Å². The molecule has 2 aliphatic carbocycles. The second kappa shape index (κ2) is 10.8. The summed E-state index contributed by atoms with van der Waals surface area (Å²) in [4.78, 5) is 40.1. The molecule has 5 heterocycles. The number of esters is 1. The number of fused-ring (bicyclic) bond motifs is 2. The number of ether oxygens (including phenoxy) is 5. The monoisotopic (exact) mass is 664 g/mol. The van der Waals surface area contributed by atoms with E-state index in [2.05, 4.69) is 0 Å². The van der Waals surface area contributed by atoms with Crippen LogP contribution >= 0.6 is 0 Å². The Kier molecular flexibility index (Phi) is 7.59. The van der Waals surface area contributed by atoms with Crippen LogP contribution in [0.4, 0.5) is 0 Å². The lowest BCUT2D eigenvalue weighted by Crippen LogP contribution is -2.72. The van der Waals surface area contributed by atoms with E-state index in [-0.39, 0.29) is 43.7 Å². The quantitative estimate of drug-likeness (QED) is 0.199. The van der Waals surface area contributed by atoms with Crippen molar-refractivity contribution in [1.29, 1.82) is 0 Å². The number of hydrogen-bond acceptors (Lipinski definition) is 13. The molecule has 4 aliphatic heterocycles. The van der Waals surface area contributed by atoms with Crippen molar-refractivity contribution in [3.63, 3.8) is 0 Å². The maximum atomic E-state index is 14.7. The molecule has 6 fully saturated rings. The van der Waals surface area contributed by atoms with Gasteiger partial charge >= 0.3 is 11.9 Å². The number of Topliss-reactive ketones (excluding diaryl/α,β-unsaturated/α-hetero) is 1. The molecule has 260 valence electrons. The number of furan rings is 1. The molecule has 0 amide bonds. The Morgan fingerprint density at radius 2 is 1.74 bits per heavy atom. The van der Waals surface area contributed by atoms with Crippen LogP contribution in [-0.4, -0.2) is 117 Å². The number of aliphatic hydroxyl groups excluding tert-OH is 4. The number of carboxylic acid groups (broad SMARTS) is 1. The maximum Gasteiger partial charge on any atom is 0.335 e. The van der Waals surface area contributed by atoms with Gasteiger partial charge in [-0.1, -0.05) is 6.92 Å². The second-order valence-electron chi connectivity index (χ2n) is 15.3. The van der Waals surface area contributed by atoms with E-state index in [1.165, 1.54) is 12.5 Å². The first-order valence-corrected chi connectivity index (χ1v) is 16.3. The van der Waals surface area contributed by atoms with Gasteiger partial charge in [0.15, 0.2) is 6.10 Å². The first-order valence-electron chi connectivity index (χ1n) is 16.3. The summed E-state index contributed by atoms with van der Waals surface area (Å²) >= 11 is 0. The summed E-state index contributed by atoms with van der Waals surface area (Å²) in [7, 11) is 0. The van der Waals surface area contributed by atoms with Gasteiger partial charge in [0.2, 0.25) is 0 Å². The number of aliphatic carboxylic acids is 1. The van der Waals surface area contributed by atoms with Gasteiger partial charge in [-0.25, -0.2) is 4.79 Å². The molecule has 47 heavy (non-hydrogen) atoms. The van der Waals surface area contributed by atoms with Crippen LogP contribution in [0, 0.1) is 28.1 Å². The van der Waals surface area contributed by atoms with Crippen molar-refractivity contribution in [1.82, 2.24) is 0 Å². The highest BCUT2D eigenvalue weighted by Gasteiger charge is 2.88. The summed E-state index contributed by atoms with van der Waals surface area (Å²) in [5, 5.41) is 51.6. The van der Waals surface area contributed by atoms with Crippen molar-refractivity contribution in [2.75, 3.05) is 19.8 Å². The zero-order valence-corrected chi connectivity index (χ0v) is 26.9. The topological polar surface area (TPSA) is 215 Å². The third-order valence-corrected chi connectivity index (χ3v) is 12.9. The van der Waals surface area contributed by atoms with Crippen LogP contribution in [0.3, 0.4) is 0 Å². The van der Waals surface area contributed by atoms with E-state index in [0.717, 1.165) is 0 Å². The number of ketones is 1. The van der Waals surface area contributed by atoms with Crippen molar-refractivity contribution < 1.29 is 68.0 Å². The molecule has 0 radical (unpaired) electrons. The van der Waals surface area contributed by atoms with Gasteiger partial charge in [0, 0.05) is 28.7 Å². The summed E-state index contributed by atoms with van der Waals surface area (Å²) < 4.78 is 36.3. The lowest BCUT2D eigenvalue weighted by Gasteiger charge is -2.64. The Bertz CT molecular complexity index is 1430. The molecule has 4 saturated heterocycles. The van der Waals surface area contributed by atoms with Crippen LogP contribution in [0.25, 0.3) is 0 Å². The van der Waals surface area contributed by atoms with Crippen molar-refractivity contribution >= 4 is 17.7 Å². The summed E-state index contributed by atoms with van der Waals surface area (Å²) in [6.45, 7) is 6.61. The molecule has 11 unspecified atom stereocenters. The van der Waals surface area contributed by atoms with E-state index < -0.39 is 94.8 Å². The largest absolute Gasteiger partial charge is 0.479 e. The fourth-order valence-corrected chi connectivity index (χ4v) is 10.8. The number of rotatable bonds is 7. The van der Waals surface area contributed by atoms with Crippen LogP contribution in [0.2, 0.25) is 0 Å². The van der Waals surface area contributed by atoms with Gasteiger partial charge in [-0.3, -0.25) is 9.59 Å². The summed E-state index contributed by atoms with van der Waals surface area (Å²) in [5.74, 6) is -2.47. The predicted octanol–water partition coefficient (Wildman–Crippen LogP) is 0.524. The molecular formula is C33H44O14. The molecule has 7 rings (SSSR count). The number of carbonyl (C=O) groups is 3. The van der Waals surface area contributed by atoms with Gasteiger partial charge < -0.3 is 53.6 Å². The number of cyclic esters (lactones) is 1. The van der Waals surface area contributed by atoms with Crippen molar-refractivity contribution in [2.45, 2.75) is 113 Å². The molecule has 6 aliphatic rings. The number of carboxylic acids is 1. The van der Waals surface area contributed by atoms with E-state index in [1.807, 2.05) is 20.8 Å². The highest BCUT2D eigenvalue weighted by molar-refractivity contribution is 5.92. The number of carbonyl (C=O) groups excluding carboxylic acids is 2. The summed E-state index contributed by atoms with van der Waals surface area (Å²) in [6.07, 6.45) is -6.02. The van der Waals surface area contributed by atoms with E-state index in [1.54, 1.807) is 13.0 Å². The van der Waals surface area contributed by atoms with Crippen molar-refractivity contribution in [3.05, 3.63) is 24.2 Å². The minimum Gasteiger partial charge on any atom is -0.479 e. The van der Waals surface area contributed by atoms with E-state index in [9.17, 15) is 39.9 Å². The van der Waals surface area contributed by atoms with E-state index >= 15 is 0 Å². The Labute approximate surface area is 271 Å². The summed E-state index contributed by atoms with van der Waals surface area (Å²) in [6, 6.07) is 1.67. The minimum absolute atomic E-state index is 0.0358. The van der Waals surface area contributed by atoms with Crippen molar-refractivity contribution in [2.24, 2.45) is 28.1 Å². The molecule has 14 nitrogen and oxygen atoms in total. The molecule has 0 aromatic carbocycles. The van der Waals surface area contributed by atoms with E-state index in [0.29, 0.717) is 18.4 Å². The van der Waals surface area contributed by atoms with Crippen molar-refractivity contribution in [3.8, 4) is 0 Å². The Morgan fingerprint density at radius 3 is 2.38 bits per heavy atom. The van der Waals surface area contributed by atoms with Gasteiger partial charge in [-0.2, -0.15) is 0 Å². The lowest BCUT2D eigenvalue weighted by molar-refractivity contribution is -0.252. The van der Waals surface area contributed by atoms with Gasteiger partial charge in [0.1, 0.15) is 48.5 Å². The highest BCUT2D eigenvalue weighted by atomic mass is 16.6. The van der Waals surface area contributed by atoms with Crippen LogP contribution in [0.15, 0.2) is 23.0 Å². The van der Waals surface area contributed by atoms with Gasteiger partial charge in [-0.05, 0) is 45.6 Å². The lowest BCUT2D eigenvalue weighted by atomic mass is 9.37. The Morgan fingerprint density at radius 1 is 1.02 bits per heavy atom. The molecule has 0 bridgehead atoms. The van der Waals surface area contributed by atoms with E-state index in [4.69, 9.17) is 28.1 Å². The van der Waals surface area contributed by atoms with Crippen LogP contribution in [-0.2, 0) is 38.1 Å². The zero-order valence-electron chi connectivity index (χ0n) is 26.9. The summed E-state index contributed by atoms with van der Waals surface area (Å²) in [5.41, 5.74) is -5.04. The average Bonchev–Trinajstić information content (AvgIpc) is 3.50. The number of hydrogen-bond donors (Lipinski definition) is 5. The first-order chi connectivity index (χ1) is 22.1. The molecule has 14 heteroatoms. The van der Waals surface area contributed by atoms with Gasteiger partial charge in [0.05, 0.1) is 55.4 Å². The fraction of sp³-hybridized carbons (Fsp3) is 0.788. The Hall–Kier alpha value is -2.43. The molecule has 2 spiro atoms. The molecule has 5 N–H and O–H groups in total. The SMILES string of the molecule is CC1(C)OC2CC(=O)OCC23C1CC(=O)C1(C)C3CC[C@@](C)(C(OC[C@H]2OC(CO)[C@H](O)C(O)C2O)c2ccoc2)C12OC2C(=O)O. The second-order valence-corrected chi connectivity index (χ2v) is 15.3. The van der Waals surface area contributed by atoms with Gasteiger partial charge in [0.25, 0.3) is 0 Å². The molecule has 14 atom stereocenters. The fourth-order valence-electron chi connectivity index (χ4n) is 10.8. The van der Waals surface area contributed by atoms with Crippen LogP contribution in [0.1, 0.15) is 65.0 Å². The molecule has 1 aromatic heterocycles. The number of epoxide rings is 1. The number of aliphatic hydroxyl groups is 4. The zero-order chi connectivity index (χ0) is 33.9.